The monoisotopic (exact) mass is 238 g/mol. The Morgan fingerprint density at radius 1 is 1.50 bits per heavy atom. The summed E-state index contributed by atoms with van der Waals surface area (Å²) >= 11 is 4.88. The molecule has 1 aromatic carbocycles. The number of rotatable bonds is 6. The van der Waals surface area contributed by atoms with E-state index in [2.05, 4.69) is 5.32 Å². The van der Waals surface area contributed by atoms with Crippen molar-refractivity contribution in [3.8, 4) is 5.75 Å². The molecule has 4 heteroatoms. The van der Waals surface area contributed by atoms with Gasteiger partial charge in [-0.1, -0.05) is 24.4 Å². The zero-order valence-electron chi connectivity index (χ0n) is 9.69. The van der Waals surface area contributed by atoms with E-state index in [0.29, 0.717) is 18.0 Å². The molecule has 0 saturated heterocycles. The van der Waals surface area contributed by atoms with Crippen LogP contribution in [0.4, 0.5) is 5.69 Å². The van der Waals surface area contributed by atoms with Gasteiger partial charge in [-0.05, 0) is 26.0 Å². The van der Waals surface area contributed by atoms with Crippen LogP contribution in [0.3, 0.4) is 0 Å². The molecular formula is C12H18N2OS. The molecule has 0 fully saturated rings. The fourth-order valence-electron chi connectivity index (χ4n) is 1.49. The number of benzene rings is 1. The normalized spacial score (nSPS) is 11.9. The van der Waals surface area contributed by atoms with Gasteiger partial charge in [0.15, 0.2) is 0 Å². The van der Waals surface area contributed by atoms with Gasteiger partial charge in [-0.2, -0.15) is 0 Å². The van der Waals surface area contributed by atoms with Crippen LogP contribution in [0, 0.1) is 0 Å². The van der Waals surface area contributed by atoms with Crippen molar-refractivity contribution in [1.82, 2.24) is 0 Å². The van der Waals surface area contributed by atoms with Gasteiger partial charge in [-0.25, -0.2) is 0 Å². The summed E-state index contributed by atoms with van der Waals surface area (Å²) in [4.78, 5) is 0.522. The molecule has 0 radical (unpaired) electrons. The lowest BCUT2D eigenvalue weighted by atomic mass is 10.2. The van der Waals surface area contributed by atoms with Crippen LogP contribution in [0.15, 0.2) is 24.3 Å². The molecule has 3 N–H and O–H groups in total. The quantitative estimate of drug-likeness (QED) is 0.748. The summed E-state index contributed by atoms with van der Waals surface area (Å²) in [7, 11) is 0. The van der Waals surface area contributed by atoms with Gasteiger partial charge in [-0.3, -0.25) is 0 Å². The number of para-hydroxylation sites is 2. The second-order valence-corrected chi connectivity index (χ2v) is 4.17. The van der Waals surface area contributed by atoms with Gasteiger partial charge in [0.2, 0.25) is 0 Å². The summed E-state index contributed by atoms with van der Waals surface area (Å²) in [5.41, 5.74) is 6.48. The highest BCUT2D eigenvalue weighted by molar-refractivity contribution is 7.80. The molecule has 0 heterocycles. The maximum absolute atomic E-state index is 5.52. The van der Waals surface area contributed by atoms with E-state index in [9.17, 15) is 0 Å². The van der Waals surface area contributed by atoms with Gasteiger partial charge >= 0.3 is 0 Å². The summed E-state index contributed by atoms with van der Waals surface area (Å²) in [6.45, 7) is 4.67. The Hall–Kier alpha value is -1.29. The minimum absolute atomic E-state index is 0.208. The van der Waals surface area contributed by atoms with Gasteiger partial charge in [0.1, 0.15) is 5.75 Å². The van der Waals surface area contributed by atoms with E-state index in [0.717, 1.165) is 11.4 Å². The van der Waals surface area contributed by atoms with E-state index in [1.807, 2.05) is 38.1 Å². The van der Waals surface area contributed by atoms with Crippen molar-refractivity contribution in [2.75, 3.05) is 11.9 Å². The van der Waals surface area contributed by atoms with Crippen LogP contribution in [0.5, 0.6) is 5.75 Å². The second kappa shape index (κ2) is 6.33. The molecule has 0 bridgehead atoms. The molecule has 0 aliphatic carbocycles. The maximum atomic E-state index is 5.52. The van der Waals surface area contributed by atoms with Crippen LogP contribution in [-0.2, 0) is 0 Å². The highest BCUT2D eigenvalue weighted by Gasteiger charge is 2.07. The molecule has 0 aliphatic heterocycles. The first-order valence-electron chi connectivity index (χ1n) is 5.40. The van der Waals surface area contributed by atoms with Crippen molar-refractivity contribution >= 4 is 22.9 Å². The number of nitrogens with one attached hydrogen (secondary N) is 1. The zero-order valence-corrected chi connectivity index (χ0v) is 10.5. The average molecular weight is 238 g/mol. The number of ether oxygens (including phenoxy) is 1. The van der Waals surface area contributed by atoms with Crippen molar-refractivity contribution in [2.45, 2.75) is 26.3 Å². The van der Waals surface area contributed by atoms with Crippen molar-refractivity contribution in [3.05, 3.63) is 24.3 Å². The van der Waals surface area contributed by atoms with E-state index in [1.54, 1.807) is 0 Å². The van der Waals surface area contributed by atoms with Crippen LogP contribution in [0.1, 0.15) is 20.3 Å². The third-order valence-corrected chi connectivity index (χ3v) is 2.26. The standard InChI is InChI=1S/C12H18N2OS/c1-3-15-11-7-5-4-6-10(11)14-9(2)8-12(13)16/h4-7,9,14H,3,8H2,1-2H3,(H2,13,16). The Kier molecular flexibility index (Phi) is 5.05. The Bertz CT molecular complexity index is 355. The Morgan fingerprint density at radius 2 is 2.19 bits per heavy atom. The molecule has 1 rings (SSSR count). The topological polar surface area (TPSA) is 47.3 Å². The molecule has 0 amide bonds. The smallest absolute Gasteiger partial charge is 0.142 e. The van der Waals surface area contributed by atoms with E-state index in [1.165, 1.54) is 0 Å². The summed E-state index contributed by atoms with van der Waals surface area (Å²) in [5, 5.41) is 3.33. The molecule has 0 saturated carbocycles. The van der Waals surface area contributed by atoms with Gasteiger partial charge < -0.3 is 15.8 Å². The first-order valence-corrected chi connectivity index (χ1v) is 5.81. The number of hydrogen-bond acceptors (Lipinski definition) is 3. The molecule has 1 unspecified atom stereocenters. The molecule has 16 heavy (non-hydrogen) atoms. The van der Waals surface area contributed by atoms with Gasteiger partial charge in [0, 0.05) is 12.5 Å². The van der Waals surface area contributed by atoms with Crippen molar-refractivity contribution in [3.63, 3.8) is 0 Å². The lowest BCUT2D eigenvalue weighted by molar-refractivity contribution is 0.341. The van der Waals surface area contributed by atoms with Crippen molar-refractivity contribution < 1.29 is 4.74 Å². The Labute approximate surface area is 102 Å². The minimum Gasteiger partial charge on any atom is -0.492 e. The van der Waals surface area contributed by atoms with Gasteiger partial charge in [0.05, 0.1) is 17.3 Å². The predicted octanol–water partition coefficient (Wildman–Crippen LogP) is 2.56. The third-order valence-electron chi connectivity index (χ3n) is 2.10. The molecular weight excluding hydrogens is 220 g/mol. The summed E-state index contributed by atoms with van der Waals surface area (Å²) < 4.78 is 5.52. The van der Waals surface area contributed by atoms with Gasteiger partial charge in [-0.15, -0.1) is 0 Å². The largest absolute Gasteiger partial charge is 0.492 e. The predicted molar refractivity (Wildman–Crippen MR) is 72.1 cm³/mol. The van der Waals surface area contributed by atoms with Crippen molar-refractivity contribution in [2.24, 2.45) is 5.73 Å². The SMILES string of the molecule is CCOc1ccccc1NC(C)CC(N)=S. The fourth-order valence-corrected chi connectivity index (χ4v) is 1.74. The lowest BCUT2D eigenvalue weighted by Gasteiger charge is -2.17. The third kappa shape index (κ3) is 4.06. The van der Waals surface area contributed by atoms with E-state index >= 15 is 0 Å². The van der Waals surface area contributed by atoms with E-state index in [4.69, 9.17) is 22.7 Å². The summed E-state index contributed by atoms with van der Waals surface area (Å²) in [6, 6.07) is 8.06. The number of anilines is 1. The number of hydrogen-bond donors (Lipinski definition) is 2. The van der Waals surface area contributed by atoms with Crippen LogP contribution in [0.2, 0.25) is 0 Å². The molecule has 88 valence electrons. The Balaban J connectivity index is 2.68. The van der Waals surface area contributed by atoms with Crippen LogP contribution in [-0.4, -0.2) is 17.6 Å². The highest BCUT2D eigenvalue weighted by atomic mass is 32.1. The summed E-state index contributed by atoms with van der Waals surface area (Å²) in [5.74, 6) is 0.861. The number of nitrogens with two attached hydrogens (primary N) is 1. The minimum atomic E-state index is 0.208. The zero-order chi connectivity index (χ0) is 12.0. The van der Waals surface area contributed by atoms with Crippen LogP contribution < -0.4 is 15.8 Å². The first kappa shape index (κ1) is 12.8. The fraction of sp³-hybridized carbons (Fsp3) is 0.417. The highest BCUT2D eigenvalue weighted by Crippen LogP contribution is 2.24. The molecule has 0 aromatic heterocycles. The lowest BCUT2D eigenvalue weighted by Crippen LogP contribution is -2.23. The van der Waals surface area contributed by atoms with Crippen LogP contribution in [0.25, 0.3) is 0 Å². The average Bonchev–Trinajstić information content (AvgIpc) is 2.20. The van der Waals surface area contributed by atoms with Crippen molar-refractivity contribution in [1.29, 1.82) is 0 Å². The number of thiocarbonyl (C=S) groups is 1. The van der Waals surface area contributed by atoms with E-state index in [-0.39, 0.29) is 6.04 Å². The summed E-state index contributed by atoms with van der Waals surface area (Å²) in [6.07, 6.45) is 0.676. The molecule has 3 nitrogen and oxygen atoms in total. The second-order valence-electron chi connectivity index (χ2n) is 3.64. The maximum Gasteiger partial charge on any atom is 0.142 e. The van der Waals surface area contributed by atoms with Crippen LogP contribution >= 0.6 is 12.2 Å². The molecule has 1 atom stereocenters. The Morgan fingerprint density at radius 3 is 2.81 bits per heavy atom. The molecule has 0 aliphatic rings. The first-order chi connectivity index (χ1) is 7.63. The van der Waals surface area contributed by atoms with E-state index < -0.39 is 0 Å². The molecule has 1 aromatic rings. The molecule has 0 spiro atoms. The van der Waals surface area contributed by atoms with Gasteiger partial charge in [0.25, 0.3) is 0 Å².